The molecule has 0 aromatic carbocycles. The Morgan fingerprint density at radius 3 is 2.75 bits per heavy atom. The highest BCUT2D eigenvalue weighted by atomic mass is 79.9. The molecule has 16 heavy (non-hydrogen) atoms. The zero-order valence-corrected chi connectivity index (χ0v) is 11.0. The third-order valence-electron chi connectivity index (χ3n) is 2.49. The maximum Gasteiger partial charge on any atom is 0.179 e. The summed E-state index contributed by atoms with van der Waals surface area (Å²) in [7, 11) is 1.90. The number of hydrogen-bond donors (Lipinski definition) is 1. The van der Waals surface area contributed by atoms with E-state index >= 15 is 0 Å². The van der Waals surface area contributed by atoms with Crippen LogP contribution in [0.2, 0.25) is 0 Å². The van der Waals surface area contributed by atoms with Gasteiger partial charge in [0.05, 0.1) is 0 Å². The van der Waals surface area contributed by atoms with Crippen LogP contribution >= 0.6 is 15.9 Å². The Labute approximate surface area is 102 Å². The number of rotatable bonds is 3. The first-order chi connectivity index (χ1) is 7.63. The second kappa shape index (κ2) is 4.37. The van der Waals surface area contributed by atoms with Crippen molar-refractivity contribution in [3.05, 3.63) is 10.6 Å². The number of aryl methyl sites for hydroxylation is 2. The summed E-state index contributed by atoms with van der Waals surface area (Å²) in [6, 6.07) is 0. The van der Waals surface area contributed by atoms with Gasteiger partial charge in [-0.2, -0.15) is 0 Å². The Balaban J connectivity index is 2.52. The molecule has 6 heteroatoms. The maximum atomic E-state index is 5.86. The summed E-state index contributed by atoms with van der Waals surface area (Å²) in [5, 5.41) is 0. The van der Waals surface area contributed by atoms with Crippen molar-refractivity contribution < 1.29 is 0 Å². The van der Waals surface area contributed by atoms with Gasteiger partial charge in [-0.05, 0) is 22.4 Å². The number of anilines is 1. The van der Waals surface area contributed by atoms with Gasteiger partial charge in [0.1, 0.15) is 5.82 Å². The van der Waals surface area contributed by atoms with E-state index in [0.717, 1.165) is 35.5 Å². The first kappa shape index (κ1) is 11.3. The molecule has 0 saturated heterocycles. The molecule has 0 aliphatic rings. The molecule has 0 unspecified atom stereocenters. The maximum absolute atomic E-state index is 5.86. The van der Waals surface area contributed by atoms with Gasteiger partial charge in [-0.1, -0.05) is 13.3 Å². The average molecular weight is 284 g/mol. The summed E-state index contributed by atoms with van der Waals surface area (Å²) in [6.07, 6.45) is 3.06. The van der Waals surface area contributed by atoms with E-state index < -0.39 is 0 Å². The number of halogens is 1. The van der Waals surface area contributed by atoms with Gasteiger partial charge in [-0.25, -0.2) is 15.0 Å². The molecule has 2 N–H and O–H groups in total. The summed E-state index contributed by atoms with van der Waals surface area (Å²) >= 11 is 3.35. The third kappa shape index (κ3) is 1.89. The number of nitrogens with zero attached hydrogens (tertiary/aromatic N) is 4. The molecule has 0 radical (unpaired) electrons. The van der Waals surface area contributed by atoms with Crippen LogP contribution in [0.25, 0.3) is 11.2 Å². The quantitative estimate of drug-likeness (QED) is 0.876. The molecule has 0 amide bonds. The molecule has 0 spiro atoms. The van der Waals surface area contributed by atoms with Crippen molar-refractivity contribution in [2.45, 2.75) is 26.2 Å². The van der Waals surface area contributed by atoms with Crippen molar-refractivity contribution in [2.24, 2.45) is 7.05 Å². The first-order valence-electron chi connectivity index (χ1n) is 5.27. The number of aromatic nitrogens is 4. The van der Waals surface area contributed by atoms with Crippen LogP contribution in [0.15, 0.2) is 4.73 Å². The number of nitrogens with two attached hydrogens (primary N) is 1. The van der Waals surface area contributed by atoms with Crippen LogP contribution in [-0.4, -0.2) is 19.5 Å². The first-order valence-corrected chi connectivity index (χ1v) is 6.07. The van der Waals surface area contributed by atoms with Gasteiger partial charge in [0.15, 0.2) is 21.7 Å². The fourth-order valence-corrected chi connectivity index (χ4v) is 1.89. The third-order valence-corrected chi connectivity index (χ3v) is 3.20. The predicted octanol–water partition coefficient (Wildman–Crippen LogP) is 2.05. The Bertz CT molecular complexity index is 519. The summed E-state index contributed by atoms with van der Waals surface area (Å²) < 4.78 is 2.58. The van der Waals surface area contributed by atoms with E-state index in [-0.39, 0.29) is 0 Å². The van der Waals surface area contributed by atoms with Crippen LogP contribution in [-0.2, 0) is 13.5 Å². The molecular formula is C10H14BrN5. The standard InChI is InChI=1S/C10H14BrN5/c1-3-4-5-6-13-8(12)7-9(14-6)16(2)10(11)15-7/h3-5H2,1-2H3,(H2,12,13,14). The van der Waals surface area contributed by atoms with Crippen molar-refractivity contribution in [1.29, 1.82) is 0 Å². The zero-order chi connectivity index (χ0) is 11.7. The lowest BCUT2D eigenvalue weighted by Gasteiger charge is -2.02. The highest BCUT2D eigenvalue weighted by molar-refractivity contribution is 9.10. The summed E-state index contributed by atoms with van der Waals surface area (Å²) in [6.45, 7) is 2.14. The minimum atomic E-state index is 0.456. The van der Waals surface area contributed by atoms with Gasteiger partial charge in [-0.3, -0.25) is 0 Å². The fraction of sp³-hybridized carbons (Fsp3) is 0.500. The van der Waals surface area contributed by atoms with Crippen LogP contribution in [0, 0.1) is 0 Å². The van der Waals surface area contributed by atoms with Crippen LogP contribution < -0.4 is 5.73 Å². The Morgan fingerprint density at radius 2 is 2.06 bits per heavy atom. The van der Waals surface area contributed by atoms with Gasteiger partial charge < -0.3 is 10.3 Å². The largest absolute Gasteiger partial charge is 0.382 e. The molecule has 2 rings (SSSR count). The predicted molar refractivity (Wildman–Crippen MR) is 67.0 cm³/mol. The molecule has 5 nitrogen and oxygen atoms in total. The van der Waals surface area contributed by atoms with Gasteiger partial charge in [0, 0.05) is 13.5 Å². The monoisotopic (exact) mass is 283 g/mol. The molecule has 2 aromatic rings. The van der Waals surface area contributed by atoms with E-state index in [1.54, 1.807) is 0 Å². The fourth-order valence-electron chi connectivity index (χ4n) is 1.55. The van der Waals surface area contributed by atoms with Crippen molar-refractivity contribution in [1.82, 2.24) is 19.5 Å². The molecule has 0 saturated carbocycles. The van der Waals surface area contributed by atoms with E-state index in [0.29, 0.717) is 11.3 Å². The van der Waals surface area contributed by atoms with Gasteiger partial charge in [0.25, 0.3) is 0 Å². The molecule has 0 atom stereocenters. The number of imidazole rings is 1. The summed E-state index contributed by atoms with van der Waals surface area (Å²) in [5.41, 5.74) is 7.31. The van der Waals surface area contributed by atoms with Gasteiger partial charge in [-0.15, -0.1) is 0 Å². The van der Waals surface area contributed by atoms with E-state index in [2.05, 4.69) is 37.8 Å². The lowest BCUT2D eigenvalue weighted by atomic mass is 10.2. The topological polar surface area (TPSA) is 69.6 Å². The molecule has 0 fully saturated rings. The van der Waals surface area contributed by atoms with Gasteiger partial charge in [0.2, 0.25) is 0 Å². The lowest BCUT2D eigenvalue weighted by Crippen LogP contribution is -2.02. The van der Waals surface area contributed by atoms with E-state index in [9.17, 15) is 0 Å². The van der Waals surface area contributed by atoms with Crippen LogP contribution in [0.1, 0.15) is 25.6 Å². The molecule has 0 aliphatic heterocycles. The molecule has 86 valence electrons. The minimum Gasteiger partial charge on any atom is -0.382 e. The van der Waals surface area contributed by atoms with Crippen LogP contribution in [0.4, 0.5) is 5.82 Å². The van der Waals surface area contributed by atoms with E-state index in [4.69, 9.17) is 5.73 Å². The smallest absolute Gasteiger partial charge is 0.179 e. The lowest BCUT2D eigenvalue weighted by molar-refractivity contribution is 0.754. The zero-order valence-electron chi connectivity index (χ0n) is 9.37. The summed E-state index contributed by atoms with van der Waals surface area (Å²) in [5.74, 6) is 1.25. The SMILES string of the molecule is CCCCc1nc(N)c2nc(Br)n(C)c2n1. The summed E-state index contributed by atoms with van der Waals surface area (Å²) in [4.78, 5) is 13.0. The van der Waals surface area contributed by atoms with Crippen molar-refractivity contribution in [3.8, 4) is 0 Å². The Morgan fingerprint density at radius 1 is 1.31 bits per heavy atom. The highest BCUT2D eigenvalue weighted by Gasteiger charge is 2.12. The highest BCUT2D eigenvalue weighted by Crippen LogP contribution is 2.21. The Kier molecular flexibility index (Phi) is 3.09. The van der Waals surface area contributed by atoms with Gasteiger partial charge >= 0.3 is 0 Å². The van der Waals surface area contributed by atoms with E-state index in [1.165, 1.54) is 0 Å². The number of fused-ring (bicyclic) bond motifs is 1. The molecular weight excluding hydrogens is 270 g/mol. The number of unbranched alkanes of at least 4 members (excludes halogenated alkanes) is 1. The number of nitrogen functional groups attached to an aromatic ring is 1. The average Bonchev–Trinajstić information content (AvgIpc) is 2.54. The molecule has 2 aromatic heterocycles. The normalized spacial score (nSPS) is 11.2. The minimum absolute atomic E-state index is 0.456. The molecule has 0 bridgehead atoms. The number of hydrogen-bond acceptors (Lipinski definition) is 4. The van der Waals surface area contributed by atoms with Crippen molar-refractivity contribution in [2.75, 3.05) is 5.73 Å². The molecule has 0 aliphatic carbocycles. The second-order valence-corrected chi connectivity index (χ2v) is 4.45. The van der Waals surface area contributed by atoms with E-state index in [1.807, 2.05) is 11.6 Å². The van der Waals surface area contributed by atoms with Crippen molar-refractivity contribution >= 4 is 32.9 Å². The molecule has 2 heterocycles. The van der Waals surface area contributed by atoms with Crippen LogP contribution in [0.3, 0.4) is 0 Å². The van der Waals surface area contributed by atoms with Crippen LogP contribution in [0.5, 0.6) is 0 Å². The van der Waals surface area contributed by atoms with Crippen molar-refractivity contribution in [3.63, 3.8) is 0 Å². The Hall–Kier alpha value is -1.17. The second-order valence-electron chi connectivity index (χ2n) is 3.74.